The van der Waals surface area contributed by atoms with Gasteiger partial charge in [0.2, 0.25) is 5.91 Å². The van der Waals surface area contributed by atoms with Gasteiger partial charge in [-0.15, -0.1) is 0 Å². The van der Waals surface area contributed by atoms with Crippen LogP contribution < -0.4 is 10.1 Å². The number of nitrogens with one attached hydrogen (secondary N) is 1. The molecule has 120 valence electrons. The number of carbonyl (C=O) groups excluding carboxylic acids is 1. The van der Waals surface area contributed by atoms with Crippen LogP contribution in [0.15, 0.2) is 18.2 Å². The normalized spacial score (nSPS) is 24.8. The first-order chi connectivity index (χ1) is 10.6. The van der Waals surface area contributed by atoms with Crippen LogP contribution in [0.3, 0.4) is 0 Å². The van der Waals surface area contributed by atoms with E-state index in [0.717, 1.165) is 24.2 Å². The molecule has 1 aromatic carbocycles. The highest BCUT2D eigenvalue weighted by Gasteiger charge is 2.25. The van der Waals surface area contributed by atoms with Gasteiger partial charge < -0.3 is 14.8 Å². The summed E-state index contributed by atoms with van der Waals surface area (Å²) in [5, 5.41) is 2.80. The minimum absolute atomic E-state index is 0.0312. The van der Waals surface area contributed by atoms with E-state index < -0.39 is 6.61 Å². The SMILES string of the molecule is O=C1C[C@H](c2ccc(OC(F)F)c(C[C@@H]3CCOC3)c2)CN1. The number of benzene rings is 1. The lowest BCUT2D eigenvalue weighted by Gasteiger charge is -2.17. The van der Waals surface area contributed by atoms with Crippen LogP contribution in [0.4, 0.5) is 8.78 Å². The Kier molecular flexibility index (Phi) is 4.57. The predicted octanol–water partition coefficient (Wildman–Crippen LogP) is 2.47. The van der Waals surface area contributed by atoms with Crippen molar-refractivity contribution in [3.05, 3.63) is 29.3 Å². The minimum Gasteiger partial charge on any atom is -0.435 e. The fraction of sp³-hybridized carbons (Fsp3) is 0.562. The summed E-state index contributed by atoms with van der Waals surface area (Å²) in [7, 11) is 0. The molecule has 1 amide bonds. The second-order valence-corrected chi connectivity index (χ2v) is 5.88. The van der Waals surface area contributed by atoms with Crippen LogP contribution in [0.5, 0.6) is 5.75 Å². The van der Waals surface area contributed by atoms with E-state index in [4.69, 9.17) is 4.74 Å². The van der Waals surface area contributed by atoms with Crippen LogP contribution in [0.1, 0.15) is 29.9 Å². The zero-order valence-electron chi connectivity index (χ0n) is 12.2. The van der Waals surface area contributed by atoms with Crippen LogP contribution >= 0.6 is 0 Å². The Morgan fingerprint density at radius 3 is 2.91 bits per heavy atom. The first-order valence-electron chi connectivity index (χ1n) is 7.54. The lowest BCUT2D eigenvalue weighted by Crippen LogP contribution is -2.13. The Hall–Kier alpha value is -1.69. The predicted molar refractivity (Wildman–Crippen MR) is 76.1 cm³/mol. The molecule has 6 heteroatoms. The molecule has 0 radical (unpaired) electrons. The van der Waals surface area contributed by atoms with Crippen molar-refractivity contribution in [3.63, 3.8) is 0 Å². The molecule has 4 nitrogen and oxygen atoms in total. The summed E-state index contributed by atoms with van der Waals surface area (Å²) in [5.74, 6) is 0.692. The Balaban J connectivity index is 1.82. The summed E-state index contributed by atoms with van der Waals surface area (Å²) in [4.78, 5) is 11.4. The molecular weight excluding hydrogens is 292 g/mol. The number of rotatable bonds is 5. The smallest absolute Gasteiger partial charge is 0.387 e. The van der Waals surface area contributed by atoms with Crippen LogP contribution in [-0.2, 0) is 16.0 Å². The van der Waals surface area contributed by atoms with E-state index in [-0.39, 0.29) is 17.6 Å². The second kappa shape index (κ2) is 6.60. The summed E-state index contributed by atoms with van der Waals surface area (Å²) in [5.41, 5.74) is 1.77. The molecule has 2 fully saturated rings. The number of ether oxygens (including phenoxy) is 2. The van der Waals surface area contributed by atoms with Crippen molar-refractivity contribution < 1.29 is 23.0 Å². The Morgan fingerprint density at radius 1 is 1.41 bits per heavy atom. The summed E-state index contributed by atoms with van der Waals surface area (Å²) in [6.45, 7) is -0.864. The molecule has 0 aliphatic carbocycles. The third-order valence-corrected chi connectivity index (χ3v) is 4.28. The van der Waals surface area contributed by atoms with Crippen LogP contribution in [0.2, 0.25) is 0 Å². The summed E-state index contributed by atoms with van der Waals surface area (Å²) in [6, 6.07) is 5.27. The third-order valence-electron chi connectivity index (χ3n) is 4.28. The third kappa shape index (κ3) is 3.55. The molecule has 22 heavy (non-hydrogen) atoms. The standard InChI is InChI=1S/C16H19F2NO3/c17-16(18)22-14-2-1-11(13-7-15(20)19-8-13)6-12(14)5-10-3-4-21-9-10/h1-2,6,10,13,16H,3-5,7-9H2,(H,19,20)/t10-,13-/m0/s1. The number of amides is 1. The highest BCUT2D eigenvalue weighted by atomic mass is 19.3. The van der Waals surface area contributed by atoms with E-state index in [1.54, 1.807) is 12.1 Å². The lowest BCUT2D eigenvalue weighted by atomic mass is 9.92. The molecule has 0 aromatic heterocycles. The fourth-order valence-corrected chi connectivity index (χ4v) is 3.12. The topological polar surface area (TPSA) is 47.6 Å². The van der Waals surface area contributed by atoms with Crippen molar-refractivity contribution in [1.29, 1.82) is 0 Å². The largest absolute Gasteiger partial charge is 0.435 e. The average molecular weight is 311 g/mol. The monoisotopic (exact) mass is 311 g/mol. The summed E-state index contributed by atoms with van der Waals surface area (Å²) in [6.07, 6.45) is 2.03. The van der Waals surface area contributed by atoms with Crippen molar-refractivity contribution in [2.24, 2.45) is 5.92 Å². The molecule has 2 atom stereocenters. The van der Waals surface area contributed by atoms with E-state index in [2.05, 4.69) is 10.1 Å². The van der Waals surface area contributed by atoms with E-state index in [1.807, 2.05) is 6.07 Å². The van der Waals surface area contributed by atoms with Crippen LogP contribution in [-0.4, -0.2) is 32.3 Å². The molecule has 0 unspecified atom stereocenters. The number of alkyl halides is 2. The zero-order chi connectivity index (χ0) is 15.5. The minimum atomic E-state index is -2.83. The molecule has 1 N–H and O–H groups in total. The Morgan fingerprint density at radius 2 is 2.27 bits per heavy atom. The average Bonchev–Trinajstić information content (AvgIpc) is 3.12. The first kappa shape index (κ1) is 15.2. The number of hydrogen-bond donors (Lipinski definition) is 1. The van der Waals surface area contributed by atoms with Crippen molar-refractivity contribution in [2.45, 2.75) is 31.8 Å². The summed E-state index contributed by atoms with van der Waals surface area (Å²) >= 11 is 0. The highest BCUT2D eigenvalue weighted by Crippen LogP contribution is 2.31. The Labute approximate surface area is 127 Å². The quantitative estimate of drug-likeness (QED) is 0.909. The van der Waals surface area contributed by atoms with E-state index in [1.165, 1.54) is 0 Å². The Bertz CT molecular complexity index is 544. The molecule has 0 saturated carbocycles. The van der Waals surface area contributed by atoms with Gasteiger partial charge in [-0.05, 0) is 36.0 Å². The zero-order valence-corrected chi connectivity index (χ0v) is 12.2. The van der Waals surface area contributed by atoms with E-state index >= 15 is 0 Å². The van der Waals surface area contributed by atoms with E-state index in [9.17, 15) is 13.6 Å². The molecule has 2 heterocycles. The van der Waals surface area contributed by atoms with Gasteiger partial charge in [0.05, 0.1) is 0 Å². The van der Waals surface area contributed by atoms with Crippen LogP contribution in [0.25, 0.3) is 0 Å². The van der Waals surface area contributed by atoms with Crippen molar-refractivity contribution >= 4 is 5.91 Å². The lowest BCUT2D eigenvalue weighted by molar-refractivity contribution is -0.119. The molecular formula is C16H19F2NO3. The molecule has 0 bridgehead atoms. The van der Waals surface area contributed by atoms with Gasteiger partial charge in [-0.1, -0.05) is 12.1 Å². The highest BCUT2D eigenvalue weighted by molar-refractivity contribution is 5.79. The molecule has 1 aromatic rings. The second-order valence-electron chi connectivity index (χ2n) is 5.88. The number of hydrogen-bond acceptors (Lipinski definition) is 3. The molecule has 0 spiro atoms. The van der Waals surface area contributed by atoms with Gasteiger partial charge in [-0.2, -0.15) is 8.78 Å². The van der Waals surface area contributed by atoms with E-state index in [0.29, 0.717) is 31.9 Å². The molecule has 2 saturated heterocycles. The van der Waals surface area contributed by atoms with Crippen LogP contribution in [0, 0.1) is 5.92 Å². The molecule has 3 rings (SSSR count). The molecule has 2 aliphatic rings. The van der Waals surface area contributed by atoms with Gasteiger partial charge in [0.25, 0.3) is 0 Å². The maximum atomic E-state index is 12.6. The molecule has 2 aliphatic heterocycles. The van der Waals surface area contributed by atoms with Gasteiger partial charge in [0.1, 0.15) is 5.75 Å². The van der Waals surface area contributed by atoms with Gasteiger partial charge >= 0.3 is 6.61 Å². The van der Waals surface area contributed by atoms with Gasteiger partial charge in [0.15, 0.2) is 0 Å². The first-order valence-corrected chi connectivity index (χ1v) is 7.54. The number of carbonyl (C=O) groups is 1. The number of halogens is 2. The van der Waals surface area contributed by atoms with Gasteiger partial charge in [-0.3, -0.25) is 4.79 Å². The summed E-state index contributed by atoms with van der Waals surface area (Å²) < 4.78 is 35.1. The fourth-order valence-electron chi connectivity index (χ4n) is 3.12. The van der Waals surface area contributed by atoms with Gasteiger partial charge in [-0.25, -0.2) is 0 Å². The van der Waals surface area contributed by atoms with Crippen molar-refractivity contribution in [2.75, 3.05) is 19.8 Å². The van der Waals surface area contributed by atoms with Crippen molar-refractivity contribution in [3.8, 4) is 5.75 Å². The maximum Gasteiger partial charge on any atom is 0.387 e. The van der Waals surface area contributed by atoms with Crippen molar-refractivity contribution in [1.82, 2.24) is 5.32 Å². The maximum absolute atomic E-state index is 12.6. The van der Waals surface area contributed by atoms with Gasteiger partial charge in [0, 0.05) is 32.1 Å².